The van der Waals surface area contributed by atoms with Crippen molar-refractivity contribution in [1.82, 2.24) is 0 Å². The topological polar surface area (TPSA) is 94.2 Å². The molecule has 160 valence electrons. The molecule has 1 saturated carbocycles. The Morgan fingerprint density at radius 2 is 2.00 bits per heavy atom. The first-order valence-electron chi connectivity index (χ1n) is 10.3. The van der Waals surface area contributed by atoms with Crippen molar-refractivity contribution < 1.29 is 19.1 Å². The quantitative estimate of drug-likeness (QED) is 0.802. The van der Waals surface area contributed by atoms with Gasteiger partial charge >= 0.3 is 6.09 Å². The smallest absolute Gasteiger partial charge is 0.421 e. The number of rotatable bonds is 2. The van der Waals surface area contributed by atoms with E-state index in [9.17, 15) is 9.59 Å². The number of carbonyl (C=O) groups excluding carboxylic acids is 2. The average Bonchev–Trinajstić information content (AvgIpc) is 3.30. The van der Waals surface area contributed by atoms with E-state index >= 15 is 0 Å². The number of imide groups is 1. The van der Waals surface area contributed by atoms with Crippen LogP contribution in [0.4, 0.5) is 10.5 Å². The predicted molar refractivity (Wildman–Crippen MR) is 117 cm³/mol. The minimum Gasteiger partial charge on any atom is -0.497 e. The van der Waals surface area contributed by atoms with Gasteiger partial charge in [-0.15, -0.1) is 0 Å². The molecular formula is C24H25N3O4. The Kier molecular flexibility index (Phi) is 4.00. The Hall–Kier alpha value is -3.35. The minimum absolute atomic E-state index is 0.0367. The summed E-state index contributed by atoms with van der Waals surface area (Å²) in [7, 11) is 1.59. The van der Waals surface area contributed by atoms with Gasteiger partial charge in [0.25, 0.3) is 0 Å². The molecule has 0 unspecified atom stereocenters. The van der Waals surface area contributed by atoms with Crippen LogP contribution in [0.15, 0.2) is 41.4 Å². The zero-order valence-electron chi connectivity index (χ0n) is 18.1. The van der Waals surface area contributed by atoms with Crippen LogP contribution < -0.4 is 15.4 Å². The Morgan fingerprint density at radius 3 is 2.71 bits per heavy atom. The van der Waals surface area contributed by atoms with Gasteiger partial charge in [-0.1, -0.05) is 18.2 Å². The van der Waals surface area contributed by atoms with E-state index in [1.807, 2.05) is 18.2 Å². The summed E-state index contributed by atoms with van der Waals surface area (Å²) < 4.78 is 11.0. The Morgan fingerprint density at radius 1 is 1.23 bits per heavy atom. The van der Waals surface area contributed by atoms with Crippen molar-refractivity contribution in [2.24, 2.45) is 10.7 Å². The zero-order chi connectivity index (χ0) is 22.1. The number of hydrogen-bond donors (Lipinski definition) is 1. The number of anilines is 1. The highest BCUT2D eigenvalue weighted by Gasteiger charge is 2.68. The maximum Gasteiger partial charge on any atom is 0.421 e. The van der Waals surface area contributed by atoms with E-state index in [0.717, 1.165) is 22.3 Å². The molecule has 3 aliphatic rings. The zero-order valence-corrected chi connectivity index (χ0v) is 18.1. The number of carbonyl (C=O) groups is 2. The first-order chi connectivity index (χ1) is 14.7. The molecule has 7 heteroatoms. The molecular weight excluding hydrogens is 394 g/mol. The molecule has 1 fully saturated rings. The molecule has 2 aliphatic heterocycles. The fourth-order valence-electron chi connectivity index (χ4n) is 4.77. The standard InChI is InChI=1S/C24H25N3O4/c1-23(2,3)31-22(29)27-19-8-6-15(30-4)10-17(19)24(21(27)28)11-18(24)13-5-7-16-14(9-13)12-26-20(16)25/h5-10,18H,11-12H2,1-4H3,(H2,25,26)/t18-,24-/m0/s1. The normalized spacial score (nSPS) is 23.5. The third-order valence-electron chi connectivity index (χ3n) is 6.27. The van der Waals surface area contributed by atoms with E-state index in [-0.39, 0.29) is 11.8 Å². The third kappa shape index (κ3) is 2.83. The molecule has 2 heterocycles. The molecule has 2 amide bonds. The van der Waals surface area contributed by atoms with Crippen LogP contribution in [-0.4, -0.2) is 30.5 Å². The van der Waals surface area contributed by atoms with E-state index < -0.39 is 17.1 Å². The number of methoxy groups -OCH3 is 1. The SMILES string of the molecule is COc1ccc2c(c1)[C@]1(C[C@H]1c1ccc3c(c1)CN=C3N)C(=O)N2C(=O)OC(C)(C)C. The van der Waals surface area contributed by atoms with Gasteiger partial charge in [0.15, 0.2) is 0 Å². The number of aliphatic imine (C=N–C) groups is 1. The van der Waals surface area contributed by atoms with Gasteiger partial charge in [-0.25, -0.2) is 9.69 Å². The van der Waals surface area contributed by atoms with E-state index in [2.05, 4.69) is 11.1 Å². The molecule has 0 saturated heterocycles. The van der Waals surface area contributed by atoms with Crippen LogP contribution in [0.25, 0.3) is 0 Å². The van der Waals surface area contributed by atoms with E-state index in [1.54, 1.807) is 40.0 Å². The van der Waals surface area contributed by atoms with Gasteiger partial charge < -0.3 is 15.2 Å². The van der Waals surface area contributed by atoms with Gasteiger partial charge in [0.05, 0.1) is 24.8 Å². The minimum atomic E-state index is -0.792. The fourth-order valence-corrected chi connectivity index (χ4v) is 4.77. The van der Waals surface area contributed by atoms with Crippen LogP contribution in [0.1, 0.15) is 55.4 Å². The van der Waals surface area contributed by atoms with Crippen molar-refractivity contribution in [3.8, 4) is 5.75 Å². The van der Waals surface area contributed by atoms with Crippen LogP contribution in [0.5, 0.6) is 5.75 Å². The summed E-state index contributed by atoms with van der Waals surface area (Å²) in [4.78, 5) is 32.1. The van der Waals surface area contributed by atoms with Gasteiger partial charge in [-0.2, -0.15) is 0 Å². The summed E-state index contributed by atoms with van der Waals surface area (Å²) >= 11 is 0. The lowest BCUT2D eigenvalue weighted by Crippen LogP contribution is -2.41. The van der Waals surface area contributed by atoms with Crippen molar-refractivity contribution in [2.45, 2.75) is 50.7 Å². The summed E-state index contributed by atoms with van der Waals surface area (Å²) in [6, 6.07) is 11.5. The predicted octanol–water partition coefficient (Wildman–Crippen LogP) is 3.62. The van der Waals surface area contributed by atoms with Crippen molar-refractivity contribution in [1.29, 1.82) is 0 Å². The average molecular weight is 419 g/mol. The Balaban J connectivity index is 1.56. The summed E-state index contributed by atoms with van der Waals surface area (Å²) in [6.07, 6.45) is -0.0259. The Labute approximate surface area is 180 Å². The van der Waals surface area contributed by atoms with Crippen LogP contribution in [0.2, 0.25) is 0 Å². The van der Waals surface area contributed by atoms with Crippen molar-refractivity contribution >= 4 is 23.5 Å². The van der Waals surface area contributed by atoms with E-state index in [4.69, 9.17) is 15.2 Å². The molecule has 2 N–H and O–H groups in total. The number of ether oxygens (including phenoxy) is 2. The second-order valence-electron chi connectivity index (χ2n) is 9.35. The molecule has 31 heavy (non-hydrogen) atoms. The summed E-state index contributed by atoms with van der Waals surface area (Å²) in [5.74, 6) is 0.921. The number of hydrogen-bond acceptors (Lipinski definition) is 6. The Bertz CT molecular complexity index is 1160. The summed E-state index contributed by atoms with van der Waals surface area (Å²) in [6.45, 7) is 5.91. The number of nitrogens with two attached hydrogens (primary N) is 1. The van der Waals surface area contributed by atoms with E-state index in [1.165, 1.54) is 4.90 Å². The van der Waals surface area contributed by atoms with Crippen LogP contribution in [0.3, 0.4) is 0 Å². The molecule has 2 atom stereocenters. The maximum atomic E-state index is 13.7. The van der Waals surface area contributed by atoms with Gasteiger partial charge in [0, 0.05) is 11.5 Å². The van der Waals surface area contributed by atoms with Gasteiger partial charge in [0.2, 0.25) is 5.91 Å². The molecule has 1 spiro atoms. The number of amides is 2. The second kappa shape index (κ2) is 6.33. The lowest BCUT2D eigenvalue weighted by Gasteiger charge is -2.24. The fraction of sp³-hybridized carbons (Fsp3) is 0.375. The lowest BCUT2D eigenvalue weighted by molar-refractivity contribution is -0.120. The third-order valence-corrected chi connectivity index (χ3v) is 6.27. The maximum absolute atomic E-state index is 13.7. The van der Waals surface area contributed by atoms with Crippen molar-refractivity contribution in [2.75, 3.05) is 12.0 Å². The van der Waals surface area contributed by atoms with Crippen molar-refractivity contribution in [3.05, 3.63) is 58.7 Å². The monoisotopic (exact) mass is 419 g/mol. The molecule has 2 aromatic carbocycles. The molecule has 2 aromatic rings. The van der Waals surface area contributed by atoms with Gasteiger partial charge in [-0.3, -0.25) is 9.79 Å². The number of fused-ring (bicyclic) bond motifs is 3. The number of nitrogens with zero attached hydrogens (tertiary/aromatic N) is 2. The van der Waals surface area contributed by atoms with Crippen LogP contribution in [-0.2, 0) is 21.5 Å². The molecule has 5 rings (SSSR count). The van der Waals surface area contributed by atoms with Crippen molar-refractivity contribution in [3.63, 3.8) is 0 Å². The lowest BCUT2D eigenvalue weighted by atomic mass is 9.91. The van der Waals surface area contributed by atoms with Gasteiger partial charge in [-0.05, 0) is 62.1 Å². The van der Waals surface area contributed by atoms with Crippen LogP contribution >= 0.6 is 0 Å². The molecule has 0 aromatic heterocycles. The molecule has 7 nitrogen and oxygen atoms in total. The highest BCUT2D eigenvalue weighted by Crippen LogP contribution is 2.67. The number of benzene rings is 2. The van der Waals surface area contributed by atoms with Gasteiger partial charge in [0.1, 0.15) is 17.2 Å². The highest BCUT2D eigenvalue weighted by atomic mass is 16.6. The number of amidine groups is 1. The highest BCUT2D eigenvalue weighted by molar-refractivity contribution is 6.23. The first kappa shape index (κ1) is 19.6. The van der Waals surface area contributed by atoms with Crippen LogP contribution in [0, 0.1) is 0 Å². The summed E-state index contributed by atoms with van der Waals surface area (Å²) in [5, 5.41) is 0. The summed E-state index contributed by atoms with van der Waals surface area (Å²) in [5.41, 5.74) is 8.90. The largest absolute Gasteiger partial charge is 0.497 e. The van der Waals surface area contributed by atoms with E-state index in [0.29, 0.717) is 30.2 Å². The molecule has 1 aliphatic carbocycles. The molecule has 0 radical (unpaired) electrons. The second-order valence-corrected chi connectivity index (χ2v) is 9.35. The first-order valence-corrected chi connectivity index (χ1v) is 10.3. The molecule has 0 bridgehead atoms.